The Hall–Kier alpha value is -1.26. The number of hydrazone groups is 1. The van der Waals surface area contributed by atoms with E-state index in [9.17, 15) is 4.79 Å². The maximum Gasteiger partial charge on any atom is 0.277 e. The van der Waals surface area contributed by atoms with Gasteiger partial charge in [-0.15, -0.1) is 0 Å². The van der Waals surface area contributed by atoms with Crippen LogP contribution in [0.5, 0.6) is 5.75 Å². The molecule has 2 fully saturated rings. The fourth-order valence-corrected chi connectivity index (χ4v) is 3.91. The third-order valence-corrected chi connectivity index (χ3v) is 5.03. The van der Waals surface area contributed by atoms with Crippen LogP contribution in [0.3, 0.4) is 0 Å². The Morgan fingerprint density at radius 1 is 1.36 bits per heavy atom. The van der Waals surface area contributed by atoms with Crippen molar-refractivity contribution in [1.29, 1.82) is 0 Å². The highest BCUT2D eigenvalue weighted by molar-refractivity contribution is 6.35. The molecule has 0 aromatic heterocycles. The van der Waals surface area contributed by atoms with Gasteiger partial charge in [-0.25, -0.2) is 5.43 Å². The SMILES string of the molecule is O=C(COc1ccc(Cl)cc1Cl)NN=CC1CC2CCC1C2. The zero-order chi connectivity index (χ0) is 15.5. The molecule has 0 heterocycles. The van der Waals surface area contributed by atoms with Crippen molar-refractivity contribution in [1.82, 2.24) is 5.43 Å². The van der Waals surface area contributed by atoms with E-state index in [0.717, 1.165) is 11.8 Å². The highest BCUT2D eigenvalue weighted by Crippen LogP contribution is 2.47. The van der Waals surface area contributed by atoms with Crippen LogP contribution < -0.4 is 10.2 Å². The highest BCUT2D eigenvalue weighted by Gasteiger charge is 2.38. The molecule has 1 aromatic rings. The molecule has 2 bridgehead atoms. The standard InChI is InChI=1S/C16H18Cl2N2O2/c17-13-3-4-15(14(18)7-13)22-9-16(21)20-19-8-12-6-10-1-2-11(12)5-10/h3-4,7-8,10-12H,1-2,5-6,9H2,(H,20,21). The van der Waals surface area contributed by atoms with Gasteiger partial charge in [0.15, 0.2) is 6.61 Å². The molecule has 0 spiro atoms. The van der Waals surface area contributed by atoms with E-state index in [1.165, 1.54) is 25.7 Å². The number of fused-ring (bicyclic) bond motifs is 2. The summed E-state index contributed by atoms with van der Waals surface area (Å²) in [6.45, 7) is -0.130. The lowest BCUT2D eigenvalue weighted by molar-refractivity contribution is -0.123. The minimum atomic E-state index is -0.301. The van der Waals surface area contributed by atoms with Crippen LogP contribution in [-0.4, -0.2) is 18.7 Å². The summed E-state index contributed by atoms with van der Waals surface area (Å²) in [6.07, 6.45) is 7.07. The molecular formula is C16H18Cl2N2O2. The summed E-state index contributed by atoms with van der Waals surface area (Å²) in [5.74, 6) is 2.27. The number of amides is 1. The van der Waals surface area contributed by atoms with Crippen molar-refractivity contribution in [3.8, 4) is 5.75 Å². The Bertz CT molecular complexity index is 592. The fourth-order valence-electron chi connectivity index (χ4n) is 3.45. The number of rotatable bonds is 5. The zero-order valence-electron chi connectivity index (χ0n) is 12.1. The third kappa shape index (κ3) is 3.73. The Kier molecular flexibility index (Phi) is 4.89. The molecule has 2 saturated carbocycles. The molecule has 6 heteroatoms. The Balaban J connectivity index is 1.43. The molecule has 3 atom stereocenters. The van der Waals surface area contributed by atoms with E-state index in [1.54, 1.807) is 18.2 Å². The molecule has 0 aliphatic heterocycles. The van der Waals surface area contributed by atoms with Crippen LogP contribution in [-0.2, 0) is 4.79 Å². The van der Waals surface area contributed by atoms with Crippen LogP contribution in [0, 0.1) is 17.8 Å². The number of carbonyl (C=O) groups excluding carboxylic acids is 1. The maximum atomic E-state index is 11.7. The summed E-state index contributed by atoms with van der Waals surface area (Å²) in [5.41, 5.74) is 2.51. The smallest absolute Gasteiger partial charge is 0.277 e. The topological polar surface area (TPSA) is 50.7 Å². The number of benzene rings is 1. The van der Waals surface area contributed by atoms with Gasteiger partial charge >= 0.3 is 0 Å². The van der Waals surface area contributed by atoms with Crippen molar-refractivity contribution >= 4 is 35.3 Å². The Labute approximate surface area is 139 Å². The predicted molar refractivity (Wildman–Crippen MR) is 87.5 cm³/mol. The molecule has 118 valence electrons. The van der Waals surface area contributed by atoms with E-state index in [0.29, 0.717) is 21.7 Å². The van der Waals surface area contributed by atoms with E-state index >= 15 is 0 Å². The fraction of sp³-hybridized carbons (Fsp3) is 0.500. The van der Waals surface area contributed by atoms with Gasteiger partial charge in [0.2, 0.25) is 0 Å². The first-order valence-electron chi connectivity index (χ1n) is 7.51. The number of hydrogen-bond acceptors (Lipinski definition) is 3. The summed E-state index contributed by atoms with van der Waals surface area (Å²) >= 11 is 11.8. The van der Waals surface area contributed by atoms with Crippen LogP contribution in [0.4, 0.5) is 0 Å². The second-order valence-corrected chi connectivity index (χ2v) is 6.86. The maximum absolute atomic E-state index is 11.7. The van der Waals surface area contributed by atoms with Gasteiger partial charge < -0.3 is 4.74 Å². The van der Waals surface area contributed by atoms with Crippen molar-refractivity contribution in [2.45, 2.75) is 25.7 Å². The predicted octanol–water partition coefficient (Wildman–Crippen LogP) is 3.91. The summed E-state index contributed by atoms with van der Waals surface area (Å²) in [7, 11) is 0. The third-order valence-electron chi connectivity index (χ3n) is 4.50. The molecule has 1 N–H and O–H groups in total. The number of ether oxygens (including phenoxy) is 1. The van der Waals surface area contributed by atoms with E-state index in [2.05, 4.69) is 10.5 Å². The van der Waals surface area contributed by atoms with Crippen molar-refractivity contribution in [3.63, 3.8) is 0 Å². The lowest BCUT2D eigenvalue weighted by Crippen LogP contribution is -2.25. The second kappa shape index (κ2) is 6.88. The number of hydrogen-bond donors (Lipinski definition) is 1. The summed E-state index contributed by atoms with van der Waals surface area (Å²) in [5, 5.41) is 4.97. The quantitative estimate of drug-likeness (QED) is 0.652. The van der Waals surface area contributed by atoms with Crippen molar-refractivity contribution in [2.75, 3.05) is 6.61 Å². The molecule has 3 rings (SSSR count). The van der Waals surface area contributed by atoms with E-state index in [1.807, 2.05) is 6.21 Å². The van der Waals surface area contributed by atoms with Gasteiger partial charge in [0.25, 0.3) is 5.91 Å². The van der Waals surface area contributed by atoms with Crippen LogP contribution in [0.1, 0.15) is 25.7 Å². The molecule has 2 aliphatic rings. The number of nitrogens with one attached hydrogen (secondary N) is 1. The van der Waals surface area contributed by atoms with Crippen molar-refractivity contribution in [3.05, 3.63) is 28.2 Å². The first kappa shape index (κ1) is 15.6. The summed E-state index contributed by atoms with van der Waals surface area (Å²) < 4.78 is 5.35. The minimum absolute atomic E-state index is 0.130. The van der Waals surface area contributed by atoms with Crippen LogP contribution >= 0.6 is 23.2 Å². The Morgan fingerprint density at radius 2 is 2.23 bits per heavy atom. The van der Waals surface area contributed by atoms with Gasteiger partial charge in [-0.2, -0.15) is 5.10 Å². The molecule has 0 saturated heterocycles. The van der Waals surface area contributed by atoms with Crippen LogP contribution in [0.15, 0.2) is 23.3 Å². The van der Waals surface area contributed by atoms with Crippen molar-refractivity contribution in [2.24, 2.45) is 22.9 Å². The van der Waals surface area contributed by atoms with Gasteiger partial charge in [-0.05, 0) is 55.2 Å². The average molecular weight is 341 g/mol. The van der Waals surface area contributed by atoms with E-state index in [-0.39, 0.29) is 12.5 Å². The molecule has 3 unspecified atom stereocenters. The molecular weight excluding hydrogens is 323 g/mol. The molecule has 4 nitrogen and oxygen atoms in total. The van der Waals surface area contributed by atoms with Gasteiger partial charge in [-0.1, -0.05) is 29.6 Å². The number of carbonyl (C=O) groups is 1. The van der Waals surface area contributed by atoms with Crippen LogP contribution in [0.25, 0.3) is 0 Å². The van der Waals surface area contributed by atoms with Gasteiger partial charge in [-0.3, -0.25) is 4.79 Å². The molecule has 22 heavy (non-hydrogen) atoms. The first-order chi connectivity index (χ1) is 10.6. The van der Waals surface area contributed by atoms with Crippen LogP contribution in [0.2, 0.25) is 10.0 Å². The molecule has 1 amide bonds. The normalized spacial score (nSPS) is 26.5. The number of nitrogens with zero attached hydrogens (tertiary/aromatic N) is 1. The van der Waals surface area contributed by atoms with E-state index in [4.69, 9.17) is 27.9 Å². The monoisotopic (exact) mass is 340 g/mol. The largest absolute Gasteiger partial charge is 0.482 e. The minimum Gasteiger partial charge on any atom is -0.482 e. The van der Waals surface area contributed by atoms with E-state index < -0.39 is 0 Å². The zero-order valence-corrected chi connectivity index (χ0v) is 13.6. The molecule has 2 aliphatic carbocycles. The lowest BCUT2D eigenvalue weighted by atomic mass is 9.90. The first-order valence-corrected chi connectivity index (χ1v) is 8.27. The lowest BCUT2D eigenvalue weighted by Gasteiger charge is -2.16. The van der Waals surface area contributed by atoms with Gasteiger partial charge in [0.1, 0.15) is 5.75 Å². The van der Waals surface area contributed by atoms with Gasteiger partial charge in [0.05, 0.1) is 5.02 Å². The summed E-state index contributed by atoms with van der Waals surface area (Å²) in [4.78, 5) is 11.7. The average Bonchev–Trinajstić information content (AvgIpc) is 3.09. The summed E-state index contributed by atoms with van der Waals surface area (Å²) in [6, 6.07) is 4.87. The van der Waals surface area contributed by atoms with Crippen molar-refractivity contribution < 1.29 is 9.53 Å². The Morgan fingerprint density at radius 3 is 2.91 bits per heavy atom. The van der Waals surface area contributed by atoms with Gasteiger partial charge in [0, 0.05) is 11.2 Å². The molecule has 1 aromatic carbocycles. The second-order valence-electron chi connectivity index (χ2n) is 6.02. The molecule has 0 radical (unpaired) electrons. The number of halogens is 2. The highest BCUT2D eigenvalue weighted by atomic mass is 35.5.